The van der Waals surface area contributed by atoms with Crippen molar-refractivity contribution in [2.75, 3.05) is 5.88 Å². The summed E-state index contributed by atoms with van der Waals surface area (Å²) < 4.78 is 0. The van der Waals surface area contributed by atoms with Gasteiger partial charge in [0.25, 0.3) is 5.69 Å². The quantitative estimate of drug-likeness (QED) is 0.503. The zero-order valence-corrected chi connectivity index (χ0v) is 14.0. The number of benzene rings is 2. The van der Waals surface area contributed by atoms with E-state index in [1.807, 2.05) is 36.4 Å². The van der Waals surface area contributed by atoms with Crippen LogP contribution in [0.25, 0.3) is 5.70 Å². The lowest BCUT2D eigenvalue weighted by molar-refractivity contribution is -0.384. The number of non-ortho nitro benzene ring substituents is 1. The monoisotopic (exact) mass is 357 g/mol. The van der Waals surface area contributed by atoms with E-state index in [9.17, 15) is 14.9 Å². The zero-order chi connectivity index (χ0) is 17.8. The Bertz CT molecular complexity index is 823. The lowest BCUT2D eigenvalue weighted by atomic mass is 10.0. The lowest BCUT2D eigenvalue weighted by Gasteiger charge is -2.25. The molecule has 0 saturated heterocycles. The first-order valence-corrected chi connectivity index (χ1v) is 8.30. The highest BCUT2D eigenvalue weighted by Gasteiger charge is 2.31. The van der Waals surface area contributed by atoms with Gasteiger partial charge in [0.2, 0.25) is 5.91 Å². The van der Waals surface area contributed by atoms with Gasteiger partial charge in [-0.3, -0.25) is 20.3 Å². The first kappa shape index (κ1) is 17.0. The Morgan fingerprint density at radius 3 is 2.64 bits per heavy atom. The van der Waals surface area contributed by atoms with Crippen LogP contribution in [0.15, 0.2) is 60.7 Å². The second kappa shape index (κ2) is 7.36. The van der Waals surface area contributed by atoms with E-state index in [1.54, 1.807) is 12.1 Å². The van der Waals surface area contributed by atoms with Gasteiger partial charge in [0.05, 0.1) is 16.7 Å². The second-order valence-corrected chi connectivity index (χ2v) is 5.94. The van der Waals surface area contributed by atoms with E-state index in [4.69, 9.17) is 11.6 Å². The summed E-state index contributed by atoms with van der Waals surface area (Å²) in [5, 5.41) is 12.5. The molecular weight excluding hydrogens is 342 g/mol. The lowest BCUT2D eigenvalue weighted by Crippen LogP contribution is -2.39. The largest absolute Gasteiger partial charge is 0.295 e. The predicted molar refractivity (Wildman–Crippen MR) is 95.6 cm³/mol. The molecule has 0 unspecified atom stereocenters. The molecule has 0 radical (unpaired) electrons. The van der Waals surface area contributed by atoms with Crippen LogP contribution < -0.4 is 5.43 Å². The summed E-state index contributed by atoms with van der Waals surface area (Å²) in [5.74, 6) is 0.0352. The smallest absolute Gasteiger partial charge is 0.269 e. The maximum Gasteiger partial charge on any atom is 0.269 e. The number of hydrazine groups is 1. The van der Waals surface area contributed by atoms with E-state index in [0.29, 0.717) is 5.56 Å². The Labute approximate surface area is 149 Å². The molecule has 1 N–H and O–H groups in total. The van der Waals surface area contributed by atoms with Gasteiger partial charge in [-0.25, -0.2) is 5.01 Å². The van der Waals surface area contributed by atoms with E-state index in [0.717, 1.165) is 11.3 Å². The van der Waals surface area contributed by atoms with Crippen molar-refractivity contribution in [3.63, 3.8) is 0 Å². The minimum atomic E-state index is -0.446. The molecule has 1 aliphatic rings. The molecule has 2 aromatic carbocycles. The number of rotatable bonds is 5. The molecule has 7 heteroatoms. The molecule has 0 spiro atoms. The van der Waals surface area contributed by atoms with Gasteiger partial charge in [-0.15, -0.1) is 11.6 Å². The van der Waals surface area contributed by atoms with E-state index < -0.39 is 11.0 Å². The van der Waals surface area contributed by atoms with Gasteiger partial charge in [0, 0.05) is 24.4 Å². The Morgan fingerprint density at radius 2 is 1.96 bits per heavy atom. The number of carbonyl (C=O) groups is 1. The molecule has 0 saturated carbocycles. The summed E-state index contributed by atoms with van der Waals surface area (Å²) in [6.45, 7) is 0. The standard InChI is InChI=1S/C18H16ClN3O3/c19-10-9-18(23)21-17(14-7-4-8-15(11-14)22(24)25)12-16(20-21)13-5-2-1-3-6-13/h1-8,11-12,17,20H,9-10H2/t17-/m1/s1. The average molecular weight is 358 g/mol. The molecule has 0 fully saturated rings. The first-order chi connectivity index (χ1) is 12.1. The molecule has 3 rings (SSSR count). The number of nitro groups is 1. The van der Waals surface area contributed by atoms with Crippen LogP contribution >= 0.6 is 11.6 Å². The Balaban J connectivity index is 1.99. The number of carbonyl (C=O) groups excluding carboxylic acids is 1. The molecule has 0 aliphatic carbocycles. The number of nitrogens with zero attached hydrogens (tertiary/aromatic N) is 2. The fraction of sp³-hybridized carbons (Fsp3) is 0.167. The first-order valence-electron chi connectivity index (χ1n) is 7.76. The van der Waals surface area contributed by atoms with Crippen molar-refractivity contribution >= 4 is 28.9 Å². The summed E-state index contributed by atoms with van der Waals surface area (Å²) in [5.41, 5.74) is 5.47. The molecule has 1 atom stereocenters. The second-order valence-electron chi connectivity index (χ2n) is 5.56. The van der Waals surface area contributed by atoms with Crippen LogP contribution in [0.4, 0.5) is 5.69 Å². The molecule has 1 heterocycles. The number of halogens is 1. The van der Waals surface area contributed by atoms with E-state index in [1.165, 1.54) is 17.1 Å². The van der Waals surface area contributed by atoms with Crippen molar-refractivity contribution < 1.29 is 9.72 Å². The van der Waals surface area contributed by atoms with Gasteiger partial charge in [-0.2, -0.15) is 0 Å². The topological polar surface area (TPSA) is 75.5 Å². The third-order valence-corrected chi connectivity index (χ3v) is 4.12. The maximum atomic E-state index is 12.4. The van der Waals surface area contributed by atoms with Crippen LogP contribution in [0.5, 0.6) is 0 Å². The van der Waals surface area contributed by atoms with Gasteiger partial charge < -0.3 is 0 Å². The van der Waals surface area contributed by atoms with Crippen molar-refractivity contribution in [2.45, 2.75) is 12.5 Å². The van der Waals surface area contributed by atoms with Gasteiger partial charge >= 0.3 is 0 Å². The van der Waals surface area contributed by atoms with Crippen LogP contribution in [0.3, 0.4) is 0 Å². The molecule has 1 aliphatic heterocycles. The fourth-order valence-corrected chi connectivity index (χ4v) is 2.90. The molecule has 2 aromatic rings. The van der Waals surface area contributed by atoms with Crippen LogP contribution in [0.1, 0.15) is 23.6 Å². The summed E-state index contributed by atoms with van der Waals surface area (Å²) in [4.78, 5) is 23.0. The van der Waals surface area contributed by atoms with Gasteiger partial charge in [-0.05, 0) is 17.2 Å². The Morgan fingerprint density at radius 1 is 1.20 bits per heavy atom. The van der Waals surface area contributed by atoms with Gasteiger partial charge in [-0.1, -0.05) is 42.5 Å². The highest BCUT2D eigenvalue weighted by atomic mass is 35.5. The molecule has 6 nitrogen and oxygen atoms in total. The number of hydrogen-bond acceptors (Lipinski definition) is 4. The predicted octanol–water partition coefficient (Wildman–Crippen LogP) is 3.65. The summed E-state index contributed by atoms with van der Waals surface area (Å²) in [6.07, 6.45) is 2.07. The SMILES string of the molecule is O=C(CCCl)N1NC(c2ccccc2)=C[C@@H]1c1cccc([N+](=O)[O-])c1. The third-order valence-electron chi connectivity index (χ3n) is 3.93. The van der Waals surface area contributed by atoms with Gasteiger partial charge in [0.15, 0.2) is 0 Å². The molecule has 0 bridgehead atoms. The number of nitro benzene ring substituents is 1. The highest BCUT2D eigenvalue weighted by Crippen LogP contribution is 2.33. The van der Waals surface area contributed by atoms with Crippen LogP contribution in [-0.4, -0.2) is 21.7 Å². The van der Waals surface area contributed by atoms with Crippen molar-refractivity contribution in [1.82, 2.24) is 10.4 Å². The van der Waals surface area contributed by atoms with Crippen LogP contribution in [0, 0.1) is 10.1 Å². The molecule has 1 amide bonds. The normalized spacial score (nSPS) is 16.3. The van der Waals surface area contributed by atoms with E-state index in [2.05, 4.69) is 5.43 Å². The van der Waals surface area contributed by atoms with Crippen molar-refractivity contribution in [3.05, 3.63) is 81.9 Å². The third kappa shape index (κ3) is 3.64. The van der Waals surface area contributed by atoms with E-state index >= 15 is 0 Å². The zero-order valence-electron chi connectivity index (χ0n) is 13.3. The molecule has 0 aromatic heterocycles. The minimum absolute atomic E-state index is 0.0104. The fourth-order valence-electron chi connectivity index (χ4n) is 2.73. The summed E-state index contributed by atoms with van der Waals surface area (Å²) >= 11 is 5.71. The van der Waals surface area contributed by atoms with Gasteiger partial charge in [0.1, 0.15) is 0 Å². The highest BCUT2D eigenvalue weighted by molar-refractivity contribution is 6.18. The number of alkyl halides is 1. The maximum absolute atomic E-state index is 12.4. The average Bonchev–Trinajstić information content (AvgIpc) is 3.08. The molecule has 128 valence electrons. The van der Waals surface area contributed by atoms with E-state index in [-0.39, 0.29) is 23.9 Å². The van der Waals surface area contributed by atoms with Crippen LogP contribution in [0.2, 0.25) is 0 Å². The van der Waals surface area contributed by atoms with Crippen molar-refractivity contribution in [3.8, 4) is 0 Å². The Kier molecular flexibility index (Phi) is 5.00. The number of hydrogen-bond donors (Lipinski definition) is 1. The summed E-state index contributed by atoms with van der Waals surface area (Å²) in [6, 6.07) is 15.4. The molecular formula is C18H16ClN3O3. The summed E-state index contributed by atoms with van der Waals surface area (Å²) in [7, 11) is 0. The van der Waals surface area contributed by atoms with Crippen LogP contribution in [-0.2, 0) is 4.79 Å². The minimum Gasteiger partial charge on any atom is -0.295 e. The van der Waals surface area contributed by atoms with Crippen molar-refractivity contribution in [1.29, 1.82) is 0 Å². The van der Waals surface area contributed by atoms with Crippen molar-refractivity contribution in [2.24, 2.45) is 0 Å². The number of amides is 1. The number of nitrogens with one attached hydrogen (secondary N) is 1. The Hall–Kier alpha value is -2.86. The molecule has 25 heavy (non-hydrogen) atoms.